The number of amides is 1. The molecule has 90 valence electrons. The Balaban J connectivity index is 2.81. The highest BCUT2D eigenvalue weighted by Gasteiger charge is 2.20. The summed E-state index contributed by atoms with van der Waals surface area (Å²) in [5.74, 6) is -1.62. The van der Waals surface area contributed by atoms with Gasteiger partial charge in [-0.25, -0.2) is 4.79 Å². The summed E-state index contributed by atoms with van der Waals surface area (Å²) in [5.41, 5.74) is 0.254. The molecule has 17 heavy (non-hydrogen) atoms. The molecule has 0 aromatic heterocycles. The molecule has 1 rings (SSSR count). The van der Waals surface area contributed by atoms with Gasteiger partial charge >= 0.3 is 5.97 Å². The monoisotopic (exact) mass is 253 g/mol. The SMILES string of the molecule is C=CC[C@@H](NC(=O)c1ccccc1Cl)C(=O)O. The Morgan fingerprint density at radius 1 is 1.47 bits per heavy atom. The minimum Gasteiger partial charge on any atom is -0.480 e. The van der Waals surface area contributed by atoms with E-state index in [0.717, 1.165) is 0 Å². The third-order valence-electron chi connectivity index (χ3n) is 2.12. The van der Waals surface area contributed by atoms with Crippen LogP contribution in [0.5, 0.6) is 0 Å². The average molecular weight is 254 g/mol. The smallest absolute Gasteiger partial charge is 0.326 e. The molecular weight excluding hydrogens is 242 g/mol. The number of benzene rings is 1. The molecular formula is C12H12ClNO3. The van der Waals surface area contributed by atoms with Crippen molar-refractivity contribution in [1.82, 2.24) is 5.32 Å². The van der Waals surface area contributed by atoms with Gasteiger partial charge < -0.3 is 10.4 Å². The standard InChI is InChI=1S/C12H12ClNO3/c1-2-5-10(12(16)17)14-11(15)8-6-3-4-7-9(8)13/h2-4,6-7,10H,1,5H2,(H,14,15)(H,16,17)/t10-/m1/s1. The third kappa shape index (κ3) is 3.60. The number of carbonyl (C=O) groups is 2. The number of carbonyl (C=O) groups excluding carboxylic acids is 1. The van der Waals surface area contributed by atoms with Crippen molar-refractivity contribution >= 4 is 23.5 Å². The Kier molecular flexibility index (Phi) is 4.72. The van der Waals surface area contributed by atoms with Crippen molar-refractivity contribution < 1.29 is 14.7 Å². The average Bonchev–Trinajstić information content (AvgIpc) is 2.28. The molecule has 0 fully saturated rings. The molecule has 5 heteroatoms. The van der Waals surface area contributed by atoms with Crippen LogP contribution in [0.15, 0.2) is 36.9 Å². The predicted molar refractivity (Wildman–Crippen MR) is 65.2 cm³/mol. The van der Waals surface area contributed by atoms with Gasteiger partial charge in [-0.05, 0) is 18.6 Å². The number of aliphatic carboxylic acids is 1. The molecule has 0 radical (unpaired) electrons. The molecule has 1 aromatic rings. The van der Waals surface area contributed by atoms with Gasteiger partial charge in [0.1, 0.15) is 6.04 Å². The lowest BCUT2D eigenvalue weighted by atomic mass is 10.1. The predicted octanol–water partition coefficient (Wildman–Crippen LogP) is 2.10. The maximum atomic E-state index is 11.8. The fraction of sp³-hybridized carbons (Fsp3) is 0.167. The molecule has 0 aliphatic carbocycles. The summed E-state index contributed by atoms with van der Waals surface area (Å²) in [4.78, 5) is 22.6. The van der Waals surface area contributed by atoms with Crippen molar-refractivity contribution in [3.8, 4) is 0 Å². The maximum absolute atomic E-state index is 11.8. The van der Waals surface area contributed by atoms with Crippen LogP contribution in [0, 0.1) is 0 Å². The van der Waals surface area contributed by atoms with E-state index in [1.165, 1.54) is 12.1 Å². The fourth-order valence-corrected chi connectivity index (χ4v) is 1.49. The van der Waals surface area contributed by atoms with Gasteiger partial charge in [0.25, 0.3) is 5.91 Å². The summed E-state index contributed by atoms with van der Waals surface area (Å²) in [5, 5.41) is 11.5. The summed E-state index contributed by atoms with van der Waals surface area (Å²) in [6.45, 7) is 3.44. The second kappa shape index (κ2) is 6.06. The lowest BCUT2D eigenvalue weighted by Gasteiger charge is -2.13. The summed E-state index contributed by atoms with van der Waals surface area (Å²) >= 11 is 5.83. The Hall–Kier alpha value is -1.81. The number of hydrogen-bond acceptors (Lipinski definition) is 2. The van der Waals surface area contributed by atoms with Crippen LogP contribution in [0.3, 0.4) is 0 Å². The summed E-state index contributed by atoms with van der Waals surface area (Å²) in [6.07, 6.45) is 1.59. The number of nitrogens with one attached hydrogen (secondary N) is 1. The molecule has 1 aromatic carbocycles. The number of hydrogen-bond donors (Lipinski definition) is 2. The summed E-state index contributed by atoms with van der Waals surface area (Å²) in [6, 6.07) is 5.46. The van der Waals surface area contributed by atoms with Gasteiger partial charge in [0, 0.05) is 0 Å². The molecule has 0 spiro atoms. The van der Waals surface area contributed by atoms with Crippen molar-refractivity contribution in [2.75, 3.05) is 0 Å². The summed E-state index contributed by atoms with van der Waals surface area (Å²) < 4.78 is 0. The van der Waals surface area contributed by atoms with Crippen LogP contribution in [-0.4, -0.2) is 23.0 Å². The van der Waals surface area contributed by atoms with Gasteiger partial charge in [-0.2, -0.15) is 0 Å². The van der Waals surface area contributed by atoms with E-state index in [9.17, 15) is 9.59 Å². The van der Waals surface area contributed by atoms with Crippen molar-refractivity contribution in [2.45, 2.75) is 12.5 Å². The van der Waals surface area contributed by atoms with Crippen LogP contribution in [0.4, 0.5) is 0 Å². The highest BCUT2D eigenvalue weighted by molar-refractivity contribution is 6.33. The zero-order chi connectivity index (χ0) is 12.8. The van der Waals surface area contributed by atoms with Crippen LogP contribution >= 0.6 is 11.6 Å². The van der Waals surface area contributed by atoms with E-state index in [2.05, 4.69) is 11.9 Å². The molecule has 1 amide bonds. The first-order valence-electron chi connectivity index (χ1n) is 4.95. The normalized spacial score (nSPS) is 11.6. The lowest BCUT2D eigenvalue weighted by molar-refractivity contribution is -0.139. The van der Waals surface area contributed by atoms with E-state index in [0.29, 0.717) is 0 Å². The largest absolute Gasteiger partial charge is 0.480 e. The number of halogens is 1. The Bertz CT molecular complexity index is 445. The van der Waals surface area contributed by atoms with Crippen LogP contribution in [0.25, 0.3) is 0 Å². The van der Waals surface area contributed by atoms with Crippen molar-refractivity contribution in [2.24, 2.45) is 0 Å². The van der Waals surface area contributed by atoms with Gasteiger partial charge in [0.2, 0.25) is 0 Å². The Morgan fingerprint density at radius 3 is 2.65 bits per heavy atom. The molecule has 0 aliphatic heterocycles. The van der Waals surface area contributed by atoms with E-state index in [-0.39, 0.29) is 17.0 Å². The molecule has 0 unspecified atom stereocenters. The van der Waals surface area contributed by atoms with Crippen molar-refractivity contribution in [3.05, 3.63) is 47.5 Å². The number of carboxylic acids is 1. The van der Waals surface area contributed by atoms with Crippen molar-refractivity contribution in [3.63, 3.8) is 0 Å². The molecule has 0 bridgehead atoms. The second-order valence-corrected chi connectivity index (χ2v) is 3.78. The van der Waals surface area contributed by atoms with E-state index in [1.807, 2.05) is 0 Å². The van der Waals surface area contributed by atoms with Crippen LogP contribution < -0.4 is 5.32 Å². The Morgan fingerprint density at radius 2 is 2.12 bits per heavy atom. The van der Waals surface area contributed by atoms with Crippen LogP contribution in [0.2, 0.25) is 5.02 Å². The lowest BCUT2D eigenvalue weighted by Crippen LogP contribution is -2.40. The molecule has 0 saturated carbocycles. The van der Waals surface area contributed by atoms with E-state index in [4.69, 9.17) is 16.7 Å². The Labute approximate surface area is 104 Å². The minimum absolute atomic E-state index is 0.158. The van der Waals surface area contributed by atoms with E-state index >= 15 is 0 Å². The molecule has 1 atom stereocenters. The first-order valence-corrected chi connectivity index (χ1v) is 5.33. The van der Waals surface area contributed by atoms with E-state index in [1.54, 1.807) is 18.2 Å². The third-order valence-corrected chi connectivity index (χ3v) is 2.45. The molecule has 2 N–H and O–H groups in total. The van der Waals surface area contributed by atoms with Gasteiger partial charge in [-0.1, -0.05) is 29.8 Å². The van der Waals surface area contributed by atoms with Crippen molar-refractivity contribution in [1.29, 1.82) is 0 Å². The highest BCUT2D eigenvalue weighted by atomic mass is 35.5. The molecule has 0 aliphatic rings. The van der Waals surface area contributed by atoms with E-state index < -0.39 is 17.9 Å². The quantitative estimate of drug-likeness (QED) is 0.790. The first-order chi connectivity index (χ1) is 8.06. The highest BCUT2D eigenvalue weighted by Crippen LogP contribution is 2.14. The van der Waals surface area contributed by atoms with Gasteiger partial charge in [0.15, 0.2) is 0 Å². The minimum atomic E-state index is -1.11. The number of rotatable bonds is 5. The maximum Gasteiger partial charge on any atom is 0.326 e. The number of carboxylic acid groups (broad SMARTS) is 1. The topological polar surface area (TPSA) is 66.4 Å². The van der Waals surface area contributed by atoms with Gasteiger partial charge in [-0.3, -0.25) is 4.79 Å². The van der Waals surface area contributed by atoms with Gasteiger partial charge in [-0.15, -0.1) is 6.58 Å². The molecule has 4 nitrogen and oxygen atoms in total. The first kappa shape index (κ1) is 13.3. The molecule has 0 saturated heterocycles. The summed E-state index contributed by atoms with van der Waals surface area (Å²) in [7, 11) is 0. The van der Waals surface area contributed by atoms with Gasteiger partial charge in [0.05, 0.1) is 10.6 Å². The zero-order valence-electron chi connectivity index (χ0n) is 9.02. The van der Waals surface area contributed by atoms with Crippen LogP contribution in [0.1, 0.15) is 16.8 Å². The fourth-order valence-electron chi connectivity index (χ4n) is 1.27. The van der Waals surface area contributed by atoms with Crippen LogP contribution in [-0.2, 0) is 4.79 Å². The molecule has 0 heterocycles. The second-order valence-electron chi connectivity index (χ2n) is 3.37. The zero-order valence-corrected chi connectivity index (χ0v) is 9.78.